The first kappa shape index (κ1) is 13.1. The average molecular weight is 246 g/mol. The Hall–Kier alpha value is -1.35. The second-order valence-corrected chi connectivity index (χ2v) is 5.10. The molecule has 0 aromatic heterocycles. The van der Waals surface area contributed by atoms with E-state index in [9.17, 15) is 4.79 Å². The van der Waals surface area contributed by atoms with Crippen LogP contribution < -0.4 is 11.1 Å². The van der Waals surface area contributed by atoms with Gasteiger partial charge in [0.25, 0.3) is 0 Å². The van der Waals surface area contributed by atoms with Crippen LogP contribution in [0.3, 0.4) is 0 Å². The lowest BCUT2D eigenvalue weighted by Gasteiger charge is -2.12. The van der Waals surface area contributed by atoms with E-state index in [1.54, 1.807) is 0 Å². The Bertz CT molecular complexity index is 413. The molecule has 1 fully saturated rings. The summed E-state index contributed by atoms with van der Waals surface area (Å²) in [6.45, 7) is 2.74. The summed E-state index contributed by atoms with van der Waals surface area (Å²) in [5.41, 5.74) is 8.44. The van der Waals surface area contributed by atoms with Crippen molar-refractivity contribution in [2.75, 3.05) is 0 Å². The first-order chi connectivity index (χ1) is 8.70. The molecule has 1 aromatic carbocycles. The molecule has 98 valence electrons. The maximum absolute atomic E-state index is 11.8. The van der Waals surface area contributed by atoms with Crippen LogP contribution in [0.25, 0.3) is 0 Å². The van der Waals surface area contributed by atoms with E-state index >= 15 is 0 Å². The van der Waals surface area contributed by atoms with Crippen molar-refractivity contribution in [3.63, 3.8) is 0 Å². The molecule has 0 radical (unpaired) electrons. The van der Waals surface area contributed by atoms with Gasteiger partial charge in [0.2, 0.25) is 5.91 Å². The van der Waals surface area contributed by atoms with E-state index in [0.717, 1.165) is 6.42 Å². The van der Waals surface area contributed by atoms with Gasteiger partial charge in [0.05, 0.1) is 0 Å². The van der Waals surface area contributed by atoms with Crippen LogP contribution in [0.4, 0.5) is 0 Å². The van der Waals surface area contributed by atoms with Crippen molar-refractivity contribution < 1.29 is 4.79 Å². The van der Waals surface area contributed by atoms with Crippen LogP contribution in [0.5, 0.6) is 0 Å². The molecule has 1 saturated carbocycles. The highest BCUT2D eigenvalue weighted by atomic mass is 16.1. The van der Waals surface area contributed by atoms with Gasteiger partial charge in [-0.05, 0) is 36.3 Å². The van der Waals surface area contributed by atoms with Gasteiger partial charge in [-0.2, -0.15) is 0 Å². The van der Waals surface area contributed by atoms with Gasteiger partial charge in [0, 0.05) is 19.0 Å². The summed E-state index contributed by atoms with van der Waals surface area (Å²) in [4.78, 5) is 11.8. The van der Waals surface area contributed by atoms with Gasteiger partial charge in [0.15, 0.2) is 0 Å². The van der Waals surface area contributed by atoms with Crippen LogP contribution in [0, 0.1) is 5.92 Å². The third kappa shape index (κ3) is 3.57. The number of nitrogens with one attached hydrogen (secondary N) is 1. The van der Waals surface area contributed by atoms with Gasteiger partial charge >= 0.3 is 0 Å². The monoisotopic (exact) mass is 246 g/mol. The van der Waals surface area contributed by atoms with Gasteiger partial charge in [-0.3, -0.25) is 4.79 Å². The minimum absolute atomic E-state index is 0.0476. The molecule has 18 heavy (non-hydrogen) atoms. The van der Waals surface area contributed by atoms with Crippen LogP contribution in [0.1, 0.15) is 37.3 Å². The molecule has 1 aliphatic rings. The standard InChI is InChI=1S/C15H22N2O/c1-2-11-5-3-4-6-13(11)10-17-15(18)9-14(16)12-7-8-12/h3-6,12,14H,2,7-10,16H2,1H3,(H,17,18). The number of nitrogens with two attached hydrogens (primary N) is 1. The van der Waals surface area contributed by atoms with Gasteiger partial charge < -0.3 is 11.1 Å². The summed E-state index contributed by atoms with van der Waals surface area (Å²) in [7, 11) is 0. The largest absolute Gasteiger partial charge is 0.352 e. The summed E-state index contributed by atoms with van der Waals surface area (Å²) in [6.07, 6.45) is 3.83. The Morgan fingerprint density at radius 2 is 2.06 bits per heavy atom. The zero-order valence-corrected chi connectivity index (χ0v) is 11.0. The molecule has 0 bridgehead atoms. The quantitative estimate of drug-likeness (QED) is 0.806. The molecule has 0 heterocycles. The lowest BCUT2D eigenvalue weighted by molar-refractivity contribution is -0.121. The SMILES string of the molecule is CCc1ccccc1CNC(=O)CC(N)C1CC1. The third-order valence-electron chi connectivity index (χ3n) is 3.62. The van der Waals surface area contributed by atoms with Crippen LogP contribution in [-0.2, 0) is 17.8 Å². The summed E-state index contributed by atoms with van der Waals surface area (Å²) >= 11 is 0. The zero-order valence-electron chi connectivity index (χ0n) is 11.0. The van der Waals surface area contributed by atoms with Crippen molar-refractivity contribution in [1.82, 2.24) is 5.32 Å². The molecule has 3 nitrogen and oxygen atoms in total. The molecule has 0 aliphatic heterocycles. The summed E-state index contributed by atoms with van der Waals surface area (Å²) < 4.78 is 0. The maximum Gasteiger partial charge on any atom is 0.221 e. The summed E-state index contributed by atoms with van der Waals surface area (Å²) in [5.74, 6) is 0.652. The van der Waals surface area contributed by atoms with Crippen LogP contribution in [0.15, 0.2) is 24.3 Å². The van der Waals surface area contributed by atoms with Crippen molar-refractivity contribution in [2.24, 2.45) is 11.7 Å². The Morgan fingerprint density at radius 3 is 2.67 bits per heavy atom. The molecule has 3 N–H and O–H groups in total. The van der Waals surface area contributed by atoms with Gasteiger partial charge in [-0.25, -0.2) is 0 Å². The zero-order chi connectivity index (χ0) is 13.0. The molecule has 1 unspecified atom stereocenters. The topological polar surface area (TPSA) is 55.1 Å². The van der Waals surface area contributed by atoms with Gasteiger partial charge in [0.1, 0.15) is 0 Å². The van der Waals surface area contributed by atoms with Crippen molar-refractivity contribution in [2.45, 2.75) is 45.2 Å². The minimum atomic E-state index is 0.0476. The number of carbonyl (C=O) groups excluding carboxylic acids is 1. The molecule has 2 rings (SSSR count). The fourth-order valence-electron chi connectivity index (χ4n) is 2.25. The van der Waals surface area contributed by atoms with E-state index in [1.165, 1.54) is 24.0 Å². The number of aryl methyl sites for hydroxylation is 1. The van der Waals surface area contributed by atoms with E-state index in [2.05, 4.69) is 24.4 Å². The summed E-state index contributed by atoms with van der Waals surface area (Å²) in [6, 6.07) is 8.27. The average Bonchev–Trinajstić information content (AvgIpc) is 3.21. The third-order valence-corrected chi connectivity index (χ3v) is 3.62. The molecule has 1 aliphatic carbocycles. The van der Waals surface area contributed by atoms with Crippen molar-refractivity contribution in [3.8, 4) is 0 Å². The molecular weight excluding hydrogens is 224 g/mol. The lowest BCUT2D eigenvalue weighted by atomic mass is 10.1. The van der Waals surface area contributed by atoms with Gasteiger partial charge in [-0.1, -0.05) is 31.2 Å². The van der Waals surface area contributed by atoms with Gasteiger partial charge in [-0.15, -0.1) is 0 Å². The summed E-state index contributed by atoms with van der Waals surface area (Å²) in [5, 5.41) is 2.97. The number of benzene rings is 1. The molecule has 1 aromatic rings. The van der Waals surface area contributed by atoms with Crippen LogP contribution in [-0.4, -0.2) is 11.9 Å². The number of rotatable bonds is 6. The molecular formula is C15H22N2O. The first-order valence-electron chi connectivity index (χ1n) is 6.79. The van der Waals surface area contributed by atoms with Crippen molar-refractivity contribution in [1.29, 1.82) is 0 Å². The fourth-order valence-corrected chi connectivity index (χ4v) is 2.25. The molecule has 1 atom stereocenters. The van der Waals surface area contributed by atoms with E-state index in [4.69, 9.17) is 5.73 Å². The maximum atomic E-state index is 11.8. The number of amides is 1. The first-order valence-corrected chi connectivity index (χ1v) is 6.79. The van der Waals surface area contributed by atoms with Crippen molar-refractivity contribution >= 4 is 5.91 Å². The van der Waals surface area contributed by atoms with Crippen LogP contribution in [0.2, 0.25) is 0 Å². The van der Waals surface area contributed by atoms with E-state index < -0.39 is 0 Å². The van der Waals surface area contributed by atoms with E-state index in [-0.39, 0.29) is 11.9 Å². The predicted molar refractivity (Wildman–Crippen MR) is 73.0 cm³/mol. The fraction of sp³-hybridized carbons (Fsp3) is 0.533. The lowest BCUT2D eigenvalue weighted by Crippen LogP contribution is -2.32. The smallest absolute Gasteiger partial charge is 0.221 e. The number of carbonyl (C=O) groups is 1. The second kappa shape index (κ2) is 6.01. The minimum Gasteiger partial charge on any atom is -0.352 e. The second-order valence-electron chi connectivity index (χ2n) is 5.10. The van der Waals surface area contributed by atoms with Crippen molar-refractivity contribution in [3.05, 3.63) is 35.4 Å². The highest BCUT2D eigenvalue weighted by Crippen LogP contribution is 2.32. The predicted octanol–water partition coefficient (Wildman–Crippen LogP) is 1.99. The normalized spacial score (nSPS) is 16.3. The molecule has 3 heteroatoms. The molecule has 0 saturated heterocycles. The Balaban J connectivity index is 1.81. The number of hydrogen-bond acceptors (Lipinski definition) is 2. The Morgan fingerprint density at radius 1 is 1.39 bits per heavy atom. The molecule has 0 spiro atoms. The Kier molecular flexibility index (Phi) is 4.37. The highest BCUT2D eigenvalue weighted by Gasteiger charge is 2.29. The van der Waals surface area contributed by atoms with Crippen LogP contribution >= 0.6 is 0 Å². The molecule has 1 amide bonds. The Labute approximate surface area is 109 Å². The number of hydrogen-bond donors (Lipinski definition) is 2. The van der Waals surface area contributed by atoms with E-state index in [1.807, 2.05) is 12.1 Å². The highest BCUT2D eigenvalue weighted by molar-refractivity contribution is 5.76. The van der Waals surface area contributed by atoms with E-state index in [0.29, 0.717) is 18.9 Å².